The minimum absolute atomic E-state index is 0.111. The lowest BCUT2D eigenvalue weighted by Crippen LogP contribution is -2.43. The Morgan fingerprint density at radius 3 is 2.37 bits per heavy atom. The summed E-state index contributed by atoms with van der Waals surface area (Å²) in [7, 11) is 0. The van der Waals surface area contributed by atoms with Gasteiger partial charge in [-0.25, -0.2) is 9.18 Å². The van der Waals surface area contributed by atoms with E-state index in [1.165, 1.54) is 12.1 Å². The number of carbonyl (C=O) groups excluding carboxylic acids is 4. The third kappa shape index (κ3) is 7.28. The van der Waals surface area contributed by atoms with Gasteiger partial charge in [-0.2, -0.15) is 0 Å². The summed E-state index contributed by atoms with van der Waals surface area (Å²) in [6.07, 6.45) is -0.306. The molecule has 0 saturated heterocycles. The monoisotopic (exact) mass is 479 g/mol. The minimum atomic E-state index is -1.22. The number of nitrogens with one attached hydrogen (secondary N) is 2. The van der Waals surface area contributed by atoms with Gasteiger partial charge in [0.1, 0.15) is 11.9 Å². The van der Waals surface area contributed by atoms with Crippen LogP contribution in [-0.2, 0) is 19.1 Å². The molecule has 0 unspecified atom stereocenters. The summed E-state index contributed by atoms with van der Waals surface area (Å²) in [6, 6.07) is 10.3. The Bertz CT molecular complexity index is 936. The highest BCUT2D eigenvalue weighted by Crippen LogP contribution is 2.20. The molecule has 0 saturated carbocycles. The third-order valence-corrected chi connectivity index (χ3v) is 4.56. The molecule has 0 spiro atoms. The van der Waals surface area contributed by atoms with Crippen LogP contribution in [0.1, 0.15) is 23.2 Å². The maximum absolute atomic E-state index is 13.0. The third-order valence-electron chi connectivity index (χ3n) is 3.87. The van der Waals surface area contributed by atoms with Gasteiger partial charge in [0.2, 0.25) is 5.91 Å². The van der Waals surface area contributed by atoms with Crippen LogP contribution in [0.15, 0.2) is 53.0 Å². The van der Waals surface area contributed by atoms with Crippen LogP contribution in [0.3, 0.4) is 0 Å². The first-order valence-corrected chi connectivity index (χ1v) is 9.61. The Balaban J connectivity index is 1.97. The van der Waals surface area contributed by atoms with E-state index in [1.807, 2.05) is 0 Å². The fourth-order valence-electron chi connectivity index (χ4n) is 2.36. The number of carbonyl (C=O) groups is 4. The predicted octanol–water partition coefficient (Wildman–Crippen LogP) is 2.13. The van der Waals surface area contributed by atoms with Crippen LogP contribution < -0.4 is 16.4 Å². The number of hydrogen-bond acceptors (Lipinski definition) is 5. The highest BCUT2D eigenvalue weighted by atomic mass is 79.9. The molecule has 0 aliphatic rings. The van der Waals surface area contributed by atoms with Gasteiger partial charge >= 0.3 is 5.97 Å². The maximum atomic E-state index is 13.0. The number of hydrogen-bond donors (Lipinski definition) is 3. The number of para-hydroxylation sites is 1. The fraction of sp³-hybridized carbons (Fsp3) is 0.200. The first kappa shape index (κ1) is 23.0. The largest absolute Gasteiger partial charge is 0.454 e. The van der Waals surface area contributed by atoms with Gasteiger partial charge < -0.3 is 21.1 Å². The Hall–Kier alpha value is -3.27. The first-order valence-electron chi connectivity index (χ1n) is 8.82. The number of primary amides is 1. The number of ether oxygens (including phenoxy) is 1. The molecule has 0 radical (unpaired) electrons. The molecule has 158 valence electrons. The zero-order chi connectivity index (χ0) is 22.1. The van der Waals surface area contributed by atoms with Crippen molar-refractivity contribution in [3.8, 4) is 0 Å². The molecular weight excluding hydrogens is 461 g/mol. The second-order valence-electron chi connectivity index (χ2n) is 6.17. The van der Waals surface area contributed by atoms with Crippen LogP contribution in [0.5, 0.6) is 0 Å². The van der Waals surface area contributed by atoms with E-state index in [9.17, 15) is 23.6 Å². The molecule has 0 aliphatic carbocycles. The van der Waals surface area contributed by atoms with Crippen molar-refractivity contribution < 1.29 is 28.3 Å². The van der Waals surface area contributed by atoms with Gasteiger partial charge in [-0.05, 0) is 58.7 Å². The molecule has 30 heavy (non-hydrogen) atoms. The van der Waals surface area contributed by atoms with E-state index in [1.54, 1.807) is 24.3 Å². The van der Waals surface area contributed by atoms with Crippen molar-refractivity contribution in [2.45, 2.75) is 18.9 Å². The lowest BCUT2D eigenvalue weighted by atomic mass is 10.1. The second-order valence-corrected chi connectivity index (χ2v) is 7.03. The van der Waals surface area contributed by atoms with E-state index in [4.69, 9.17) is 10.5 Å². The molecule has 2 rings (SSSR count). The number of benzene rings is 2. The minimum Gasteiger partial charge on any atom is -0.454 e. The number of anilines is 1. The molecule has 0 fully saturated rings. The summed E-state index contributed by atoms with van der Waals surface area (Å²) in [5.41, 5.74) is 5.71. The van der Waals surface area contributed by atoms with E-state index in [-0.39, 0.29) is 18.4 Å². The van der Waals surface area contributed by atoms with E-state index in [0.29, 0.717) is 10.2 Å². The normalized spacial score (nSPS) is 11.3. The molecule has 0 aliphatic heterocycles. The van der Waals surface area contributed by atoms with Crippen molar-refractivity contribution >= 4 is 45.3 Å². The lowest BCUT2D eigenvalue weighted by molar-refractivity contribution is -0.149. The molecule has 2 aromatic rings. The van der Waals surface area contributed by atoms with Gasteiger partial charge in [0.25, 0.3) is 11.8 Å². The highest BCUT2D eigenvalue weighted by molar-refractivity contribution is 9.10. The molecule has 0 heterocycles. The van der Waals surface area contributed by atoms with E-state index >= 15 is 0 Å². The number of amides is 3. The van der Waals surface area contributed by atoms with Crippen LogP contribution in [0, 0.1) is 5.82 Å². The fourth-order valence-corrected chi connectivity index (χ4v) is 2.75. The first-order chi connectivity index (χ1) is 14.3. The van der Waals surface area contributed by atoms with Gasteiger partial charge in [-0.1, -0.05) is 12.1 Å². The van der Waals surface area contributed by atoms with Gasteiger partial charge in [0.15, 0.2) is 6.61 Å². The number of nitrogens with two attached hydrogens (primary N) is 1. The Kier molecular flexibility index (Phi) is 8.48. The van der Waals surface area contributed by atoms with Crippen molar-refractivity contribution in [3.63, 3.8) is 0 Å². The van der Waals surface area contributed by atoms with E-state index < -0.39 is 42.2 Å². The number of halogens is 2. The number of esters is 1. The predicted molar refractivity (Wildman–Crippen MR) is 110 cm³/mol. The molecule has 0 bridgehead atoms. The van der Waals surface area contributed by atoms with Crippen LogP contribution in [0.2, 0.25) is 0 Å². The summed E-state index contributed by atoms with van der Waals surface area (Å²) >= 11 is 3.28. The molecular formula is C20H19BrFN3O5. The second kappa shape index (κ2) is 11.1. The average molecular weight is 480 g/mol. The van der Waals surface area contributed by atoms with Crippen molar-refractivity contribution in [3.05, 3.63) is 64.4 Å². The zero-order valence-corrected chi connectivity index (χ0v) is 17.3. The van der Waals surface area contributed by atoms with Crippen molar-refractivity contribution in [2.75, 3.05) is 11.9 Å². The molecule has 1 atom stereocenters. The average Bonchev–Trinajstić information content (AvgIpc) is 2.71. The molecule has 4 N–H and O–H groups in total. The van der Waals surface area contributed by atoms with Crippen molar-refractivity contribution in [1.29, 1.82) is 0 Å². The van der Waals surface area contributed by atoms with E-state index in [0.717, 1.165) is 12.1 Å². The van der Waals surface area contributed by atoms with Gasteiger partial charge in [-0.15, -0.1) is 0 Å². The summed E-state index contributed by atoms with van der Waals surface area (Å²) in [4.78, 5) is 47.7. The van der Waals surface area contributed by atoms with E-state index in [2.05, 4.69) is 26.6 Å². The highest BCUT2D eigenvalue weighted by Gasteiger charge is 2.24. The van der Waals surface area contributed by atoms with Gasteiger partial charge in [-0.3, -0.25) is 14.4 Å². The number of rotatable bonds is 9. The molecule has 0 aromatic heterocycles. The zero-order valence-electron chi connectivity index (χ0n) is 15.7. The summed E-state index contributed by atoms with van der Waals surface area (Å²) in [6.45, 7) is -0.598. The van der Waals surface area contributed by atoms with Crippen molar-refractivity contribution in [1.82, 2.24) is 5.32 Å². The molecule has 2 aromatic carbocycles. The standard InChI is InChI=1S/C20H19BrFN3O5/c21-14-3-1-2-4-15(14)24-18(27)11-30-20(29)16(9-10-17(23)26)25-19(28)12-5-7-13(22)8-6-12/h1-8,16H,9-11H2,(H2,23,26)(H,24,27)(H,25,28)/t16-/m1/s1. The van der Waals surface area contributed by atoms with Crippen LogP contribution in [0.4, 0.5) is 10.1 Å². The smallest absolute Gasteiger partial charge is 0.329 e. The van der Waals surface area contributed by atoms with Crippen LogP contribution >= 0.6 is 15.9 Å². The summed E-state index contributed by atoms with van der Waals surface area (Å²) in [5.74, 6) is -3.36. The quantitative estimate of drug-likeness (QED) is 0.474. The van der Waals surface area contributed by atoms with Gasteiger partial charge in [0.05, 0.1) is 5.69 Å². The van der Waals surface area contributed by atoms with Gasteiger partial charge in [0, 0.05) is 16.5 Å². The Morgan fingerprint density at radius 2 is 1.73 bits per heavy atom. The maximum Gasteiger partial charge on any atom is 0.329 e. The Morgan fingerprint density at radius 1 is 1.07 bits per heavy atom. The van der Waals surface area contributed by atoms with Crippen molar-refractivity contribution in [2.24, 2.45) is 5.73 Å². The lowest BCUT2D eigenvalue weighted by Gasteiger charge is -2.17. The molecule has 8 nitrogen and oxygen atoms in total. The SMILES string of the molecule is NC(=O)CC[C@@H](NC(=O)c1ccc(F)cc1)C(=O)OCC(=O)Nc1ccccc1Br. The Labute approximate surface area is 180 Å². The topological polar surface area (TPSA) is 128 Å². The molecule has 10 heteroatoms. The van der Waals surface area contributed by atoms with Crippen LogP contribution in [0.25, 0.3) is 0 Å². The summed E-state index contributed by atoms with van der Waals surface area (Å²) in [5, 5.41) is 4.97. The van der Waals surface area contributed by atoms with Crippen LogP contribution in [-0.4, -0.2) is 36.3 Å². The summed E-state index contributed by atoms with van der Waals surface area (Å²) < 4.78 is 18.6. The molecule has 3 amide bonds.